The van der Waals surface area contributed by atoms with Gasteiger partial charge in [0.2, 0.25) is 5.88 Å². The number of pyridine rings is 1. The molecule has 0 unspecified atom stereocenters. The van der Waals surface area contributed by atoms with E-state index >= 15 is 0 Å². The SMILES string of the molecule is CCn1c(O)c(C(=O)O)c(C)c(CS(=O)(=O)O)c1=O. The lowest BCUT2D eigenvalue weighted by atomic mass is 10.1. The molecule has 1 heterocycles. The van der Waals surface area contributed by atoms with Gasteiger partial charge in [0.1, 0.15) is 11.3 Å². The van der Waals surface area contributed by atoms with Gasteiger partial charge in [0.05, 0.1) is 0 Å². The summed E-state index contributed by atoms with van der Waals surface area (Å²) in [5.41, 5.74) is -1.96. The van der Waals surface area contributed by atoms with Gasteiger partial charge in [-0.25, -0.2) is 4.79 Å². The lowest BCUT2D eigenvalue weighted by molar-refractivity contribution is 0.0690. The van der Waals surface area contributed by atoms with E-state index in [1.807, 2.05) is 0 Å². The predicted octanol–water partition coefficient (Wildman–Crippen LogP) is -0.0318. The zero-order chi connectivity index (χ0) is 15.0. The Morgan fingerprint density at radius 2 is 1.89 bits per heavy atom. The van der Waals surface area contributed by atoms with Crippen molar-refractivity contribution in [3.63, 3.8) is 0 Å². The fraction of sp³-hybridized carbons (Fsp3) is 0.400. The average molecular weight is 291 g/mol. The van der Waals surface area contributed by atoms with Crippen molar-refractivity contribution >= 4 is 16.1 Å². The molecule has 0 radical (unpaired) electrons. The van der Waals surface area contributed by atoms with Crippen molar-refractivity contribution in [3.05, 3.63) is 27.0 Å². The number of carboxylic acid groups (broad SMARTS) is 1. The van der Waals surface area contributed by atoms with Gasteiger partial charge in [-0.15, -0.1) is 0 Å². The molecule has 1 aromatic heterocycles. The summed E-state index contributed by atoms with van der Waals surface area (Å²) in [6.45, 7) is 2.65. The number of nitrogens with zero attached hydrogens (tertiary/aromatic N) is 1. The predicted molar refractivity (Wildman–Crippen MR) is 65.0 cm³/mol. The smallest absolute Gasteiger partial charge is 0.341 e. The number of aromatic carboxylic acids is 1. The van der Waals surface area contributed by atoms with Crippen molar-refractivity contribution in [2.75, 3.05) is 0 Å². The van der Waals surface area contributed by atoms with Gasteiger partial charge in [0.25, 0.3) is 15.7 Å². The quantitative estimate of drug-likeness (QED) is 0.663. The van der Waals surface area contributed by atoms with Crippen molar-refractivity contribution in [2.45, 2.75) is 26.1 Å². The standard InChI is InChI=1S/C10H13NO7S/c1-3-11-8(12)6(4-19(16,17)18)5(2)7(9(11)13)10(14)15/h13H,3-4H2,1-2H3,(H,14,15)(H,16,17,18). The fourth-order valence-corrected chi connectivity index (χ4v) is 2.48. The van der Waals surface area contributed by atoms with Crippen molar-refractivity contribution in [3.8, 4) is 5.88 Å². The van der Waals surface area contributed by atoms with Crippen LogP contribution in [0.25, 0.3) is 0 Å². The van der Waals surface area contributed by atoms with Crippen LogP contribution in [-0.4, -0.2) is 33.7 Å². The fourth-order valence-electron chi connectivity index (χ4n) is 1.77. The highest BCUT2D eigenvalue weighted by molar-refractivity contribution is 7.85. The molecule has 0 fully saturated rings. The third kappa shape index (κ3) is 2.93. The first kappa shape index (κ1) is 15.2. The maximum absolute atomic E-state index is 11.9. The number of hydrogen-bond donors (Lipinski definition) is 3. The number of hydrogen-bond acceptors (Lipinski definition) is 5. The summed E-state index contributed by atoms with van der Waals surface area (Å²) in [5, 5.41) is 18.7. The van der Waals surface area contributed by atoms with Crippen LogP contribution in [-0.2, 0) is 22.4 Å². The summed E-state index contributed by atoms with van der Waals surface area (Å²) in [6, 6.07) is 0. The highest BCUT2D eigenvalue weighted by Gasteiger charge is 2.25. The lowest BCUT2D eigenvalue weighted by Crippen LogP contribution is -2.28. The van der Waals surface area contributed by atoms with E-state index in [1.54, 1.807) is 0 Å². The molecule has 3 N–H and O–H groups in total. The minimum atomic E-state index is -4.49. The summed E-state index contributed by atoms with van der Waals surface area (Å²) in [4.78, 5) is 23.0. The van der Waals surface area contributed by atoms with E-state index in [9.17, 15) is 23.1 Å². The van der Waals surface area contributed by atoms with Gasteiger partial charge < -0.3 is 10.2 Å². The van der Waals surface area contributed by atoms with E-state index in [4.69, 9.17) is 9.66 Å². The van der Waals surface area contributed by atoms with Gasteiger partial charge in [-0.3, -0.25) is 13.9 Å². The number of aromatic nitrogens is 1. The molecule has 8 nitrogen and oxygen atoms in total. The maximum Gasteiger partial charge on any atom is 0.341 e. The second-order valence-electron chi connectivity index (χ2n) is 3.88. The second-order valence-corrected chi connectivity index (χ2v) is 5.34. The van der Waals surface area contributed by atoms with Gasteiger partial charge >= 0.3 is 5.97 Å². The molecular formula is C10H13NO7S. The summed E-state index contributed by atoms with van der Waals surface area (Å²) >= 11 is 0. The Bertz CT molecular complexity index is 687. The summed E-state index contributed by atoms with van der Waals surface area (Å²) in [5.74, 6) is -3.23. The first-order chi connectivity index (χ1) is 8.60. The molecule has 0 amide bonds. The molecule has 1 aromatic rings. The minimum Gasteiger partial charge on any atom is -0.494 e. The van der Waals surface area contributed by atoms with Crippen LogP contribution in [0.1, 0.15) is 28.4 Å². The van der Waals surface area contributed by atoms with Crippen LogP contribution in [0.2, 0.25) is 0 Å². The van der Waals surface area contributed by atoms with E-state index in [0.29, 0.717) is 0 Å². The first-order valence-electron chi connectivity index (χ1n) is 5.23. The minimum absolute atomic E-state index is 0.0380. The topological polar surface area (TPSA) is 134 Å². The van der Waals surface area contributed by atoms with Crippen LogP contribution in [0.15, 0.2) is 4.79 Å². The Morgan fingerprint density at radius 1 is 1.37 bits per heavy atom. The van der Waals surface area contributed by atoms with Crippen LogP contribution in [0, 0.1) is 6.92 Å². The maximum atomic E-state index is 11.9. The Balaban J connectivity index is 3.78. The van der Waals surface area contributed by atoms with E-state index in [0.717, 1.165) is 4.57 Å². The van der Waals surface area contributed by atoms with Gasteiger partial charge in [0.15, 0.2) is 0 Å². The van der Waals surface area contributed by atoms with E-state index in [1.165, 1.54) is 13.8 Å². The summed E-state index contributed by atoms with van der Waals surface area (Å²) in [7, 11) is -4.49. The highest BCUT2D eigenvalue weighted by atomic mass is 32.2. The third-order valence-corrected chi connectivity index (χ3v) is 3.32. The Labute approximate surface area is 108 Å². The monoisotopic (exact) mass is 291 g/mol. The second kappa shape index (κ2) is 5.02. The van der Waals surface area contributed by atoms with Crippen LogP contribution >= 0.6 is 0 Å². The van der Waals surface area contributed by atoms with Crippen LogP contribution in [0.5, 0.6) is 5.88 Å². The molecule has 0 spiro atoms. The molecule has 0 bridgehead atoms. The van der Waals surface area contributed by atoms with Crippen LogP contribution in [0.4, 0.5) is 0 Å². The zero-order valence-corrected chi connectivity index (χ0v) is 11.1. The van der Waals surface area contributed by atoms with E-state index < -0.39 is 38.8 Å². The molecular weight excluding hydrogens is 278 g/mol. The van der Waals surface area contributed by atoms with Crippen molar-refractivity contribution in [1.29, 1.82) is 0 Å². The molecule has 0 aromatic carbocycles. The molecule has 0 aliphatic carbocycles. The average Bonchev–Trinajstić information content (AvgIpc) is 2.23. The van der Waals surface area contributed by atoms with Gasteiger partial charge in [-0.05, 0) is 19.4 Å². The number of aromatic hydroxyl groups is 1. The molecule has 0 saturated carbocycles. The first-order valence-corrected chi connectivity index (χ1v) is 6.84. The van der Waals surface area contributed by atoms with Crippen molar-refractivity contribution < 1.29 is 28.0 Å². The third-order valence-electron chi connectivity index (χ3n) is 2.67. The molecule has 0 aliphatic heterocycles. The van der Waals surface area contributed by atoms with E-state index in [2.05, 4.69) is 0 Å². The molecule has 0 atom stereocenters. The van der Waals surface area contributed by atoms with Crippen LogP contribution in [0.3, 0.4) is 0 Å². The largest absolute Gasteiger partial charge is 0.494 e. The van der Waals surface area contributed by atoms with Crippen molar-refractivity contribution in [2.24, 2.45) is 0 Å². The normalized spacial score (nSPS) is 11.5. The van der Waals surface area contributed by atoms with E-state index in [-0.39, 0.29) is 17.7 Å². The number of rotatable bonds is 4. The molecule has 1 rings (SSSR count). The number of carboxylic acids is 1. The molecule has 9 heteroatoms. The molecule has 19 heavy (non-hydrogen) atoms. The Kier molecular flexibility index (Phi) is 4.01. The highest BCUT2D eigenvalue weighted by Crippen LogP contribution is 2.22. The lowest BCUT2D eigenvalue weighted by Gasteiger charge is -2.14. The Hall–Kier alpha value is -1.87. The van der Waals surface area contributed by atoms with Crippen molar-refractivity contribution in [1.82, 2.24) is 4.57 Å². The van der Waals surface area contributed by atoms with Gasteiger partial charge in [0, 0.05) is 12.1 Å². The molecule has 0 saturated heterocycles. The summed E-state index contributed by atoms with van der Waals surface area (Å²) in [6.07, 6.45) is 0. The Morgan fingerprint density at radius 3 is 2.26 bits per heavy atom. The summed E-state index contributed by atoms with van der Waals surface area (Å²) < 4.78 is 31.3. The molecule has 106 valence electrons. The zero-order valence-electron chi connectivity index (χ0n) is 10.2. The number of carbonyl (C=O) groups is 1. The van der Waals surface area contributed by atoms with Gasteiger partial charge in [-0.1, -0.05) is 0 Å². The van der Waals surface area contributed by atoms with Gasteiger partial charge in [-0.2, -0.15) is 8.42 Å². The van der Waals surface area contributed by atoms with Crippen LogP contribution < -0.4 is 5.56 Å². The molecule has 0 aliphatic rings.